The minimum absolute atomic E-state index is 0.0589. The van der Waals surface area contributed by atoms with Crippen LogP contribution in [0.2, 0.25) is 0 Å². The van der Waals surface area contributed by atoms with Crippen LogP contribution in [0.3, 0.4) is 0 Å². The van der Waals surface area contributed by atoms with E-state index in [1.165, 1.54) is 30.5 Å². The molecule has 7 heteroatoms. The van der Waals surface area contributed by atoms with E-state index in [1.807, 2.05) is 0 Å². The Morgan fingerprint density at radius 2 is 2.10 bits per heavy atom. The van der Waals surface area contributed by atoms with Gasteiger partial charge in [0, 0.05) is 6.42 Å². The van der Waals surface area contributed by atoms with Gasteiger partial charge in [-0.3, -0.25) is 4.79 Å². The smallest absolute Gasteiger partial charge is 0.181 e. The number of benzene rings is 1. The molecule has 1 N–H and O–H groups in total. The molecule has 0 aliphatic carbocycles. The summed E-state index contributed by atoms with van der Waals surface area (Å²) in [4.78, 5) is 27.1. The molecule has 0 bridgehead atoms. The van der Waals surface area contributed by atoms with Crippen molar-refractivity contribution >= 4 is 28.7 Å². The molecule has 0 spiro atoms. The fourth-order valence-electron chi connectivity index (χ4n) is 1.91. The quantitative estimate of drug-likeness (QED) is 0.579. The number of nitrogens with zero attached hydrogens (tertiary/aromatic N) is 3. The zero-order valence-corrected chi connectivity index (χ0v) is 11.7. The van der Waals surface area contributed by atoms with Gasteiger partial charge in [-0.1, -0.05) is 30.0 Å². The number of Topliss-reactive ketones (excluding diaryl/α,β-unsaturated/α-hetero) is 1. The lowest BCUT2D eigenvalue weighted by Crippen LogP contribution is -2.07. The fourth-order valence-corrected chi connectivity index (χ4v) is 2.72. The summed E-state index contributed by atoms with van der Waals surface area (Å²) in [5, 5.41) is 0.666. The Balaban J connectivity index is 1.66. The highest BCUT2D eigenvalue weighted by Crippen LogP contribution is 2.22. The second-order valence-corrected chi connectivity index (χ2v) is 5.34. The van der Waals surface area contributed by atoms with Crippen LogP contribution in [0.15, 0.2) is 41.9 Å². The highest BCUT2D eigenvalue weighted by atomic mass is 32.2. The number of halogens is 1. The SMILES string of the molecule is O=C(CSc1ncnc2nc[nH]c12)Cc1ccccc1F. The minimum atomic E-state index is -0.353. The number of aromatic nitrogens is 4. The van der Waals surface area contributed by atoms with Gasteiger partial charge in [-0.15, -0.1) is 0 Å². The largest absolute Gasteiger partial charge is 0.341 e. The summed E-state index contributed by atoms with van der Waals surface area (Å²) in [6.45, 7) is 0. The van der Waals surface area contributed by atoms with Crippen molar-refractivity contribution in [2.45, 2.75) is 11.4 Å². The predicted molar refractivity (Wildman–Crippen MR) is 77.5 cm³/mol. The molecular formula is C14H11FN4OS. The van der Waals surface area contributed by atoms with Crippen molar-refractivity contribution in [3.05, 3.63) is 48.3 Å². The van der Waals surface area contributed by atoms with Crippen LogP contribution in [0.4, 0.5) is 4.39 Å². The summed E-state index contributed by atoms with van der Waals surface area (Å²) in [6.07, 6.45) is 3.02. The van der Waals surface area contributed by atoms with Crippen molar-refractivity contribution in [2.24, 2.45) is 0 Å². The second kappa shape index (κ2) is 6.01. The molecule has 0 radical (unpaired) electrons. The van der Waals surface area contributed by atoms with E-state index in [0.29, 0.717) is 21.8 Å². The van der Waals surface area contributed by atoms with Gasteiger partial charge in [0.2, 0.25) is 0 Å². The van der Waals surface area contributed by atoms with Crippen LogP contribution in [0.5, 0.6) is 0 Å². The Bertz CT molecular complexity index is 789. The molecule has 21 heavy (non-hydrogen) atoms. The summed E-state index contributed by atoms with van der Waals surface area (Å²) in [7, 11) is 0. The molecule has 0 fully saturated rings. The number of fused-ring (bicyclic) bond motifs is 1. The van der Waals surface area contributed by atoms with Crippen LogP contribution in [0, 0.1) is 5.82 Å². The third kappa shape index (κ3) is 3.08. The van der Waals surface area contributed by atoms with Crippen molar-refractivity contribution in [2.75, 3.05) is 5.75 Å². The average Bonchev–Trinajstić information content (AvgIpc) is 2.96. The van der Waals surface area contributed by atoms with E-state index in [2.05, 4.69) is 19.9 Å². The maximum Gasteiger partial charge on any atom is 0.181 e. The fraction of sp³-hybridized carbons (Fsp3) is 0.143. The lowest BCUT2D eigenvalue weighted by Gasteiger charge is -2.03. The van der Waals surface area contributed by atoms with Gasteiger partial charge < -0.3 is 4.98 Å². The topological polar surface area (TPSA) is 71.5 Å². The molecule has 2 aromatic heterocycles. The Morgan fingerprint density at radius 3 is 2.95 bits per heavy atom. The van der Waals surface area contributed by atoms with Gasteiger partial charge in [0.05, 0.1) is 12.1 Å². The second-order valence-electron chi connectivity index (χ2n) is 4.38. The lowest BCUT2D eigenvalue weighted by atomic mass is 10.1. The normalized spacial score (nSPS) is 10.9. The van der Waals surface area contributed by atoms with Crippen LogP contribution in [-0.4, -0.2) is 31.5 Å². The monoisotopic (exact) mass is 302 g/mol. The Labute approximate surface area is 124 Å². The van der Waals surface area contributed by atoms with Crippen molar-refractivity contribution in [3.8, 4) is 0 Å². The van der Waals surface area contributed by atoms with E-state index in [9.17, 15) is 9.18 Å². The van der Waals surface area contributed by atoms with E-state index in [-0.39, 0.29) is 23.8 Å². The molecule has 0 aliphatic heterocycles. The molecule has 0 atom stereocenters. The highest BCUT2D eigenvalue weighted by molar-refractivity contribution is 8.00. The summed E-state index contributed by atoms with van der Waals surface area (Å²) in [5.74, 6) is -0.190. The molecule has 1 aromatic carbocycles. The maximum absolute atomic E-state index is 13.5. The number of thioether (sulfide) groups is 1. The van der Waals surface area contributed by atoms with Gasteiger partial charge in [0.25, 0.3) is 0 Å². The summed E-state index contributed by atoms with van der Waals surface area (Å²) in [6, 6.07) is 6.30. The number of carbonyl (C=O) groups excluding carboxylic acids is 1. The molecule has 0 saturated carbocycles. The Kier molecular flexibility index (Phi) is 3.92. The molecule has 0 saturated heterocycles. The van der Waals surface area contributed by atoms with Crippen LogP contribution in [0.25, 0.3) is 11.2 Å². The van der Waals surface area contributed by atoms with Crippen molar-refractivity contribution in [3.63, 3.8) is 0 Å². The number of nitrogens with one attached hydrogen (secondary N) is 1. The van der Waals surface area contributed by atoms with Crippen molar-refractivity contribution < 1.29 is 9.18 Å². The number of hydrogen-bond donors (Lipinski definition) is 1. The maximum atomic E-state index is 13.5. The lowest BCUT2D eigenvalue weighted by molar-refractivity contribution is -0.116. The van der Waals surface area contributed by atoms with Gasteiger partial charge >= 0.3 is 0 Å². The van der Waals surface area contributed by atoms with E-state index in [4.69, 9.17) is 0 Å². The van der Waals surface area contributed by atoms with Crippen molar-refractivity contribution in [1.29, 1.82) is 0 Å². The van der Waals surface area contributed by atoms with Gasteiger partial charge in [0.15, 0.2) is 5.65 Å². The van der Waals surface area contributed by atoms with Crippen molar-refractivity contribution in [1.82, 2.24) is 19.9 Å². The molecule has 0 aliphatic rings. The number of aromatic amines is 1. The number of carbonyl (C=O) groups is 1. The first-order chi connectivity index (χ1) is 10.2. The standard InChI is InChI=1S/C14H11FN4OS/c15-11-4-2-1-3-9(11)5-10(20)6-21-14-12-13(17-7-16-12)18-8-19-14/h1-4,7-8H,5-6H2,(H,16,17,18,19). The van der Waals surface area contributed by atoms with E-state index in [1.54, 1.807) is 18.2 Å². The summed E-state index contributed by atoms with van der Waals surface area (Å²) < 4.78 is 13.5. The molecular weight excluding hydrogens is 291 g/mol. The van der Waals surface area contributed by atoms with E-state index < -0.39 is 0 Å². The molecule has 106 valence electrons. The van der Waals surface area contributed by atoms with Gasteiger partial charge in [0.1, 0.15) is 28.5 Å². The average molecular weight is 302 g/mol. The third-order valence-electron chi connectivity index (χ3n) is 2.90. The van der Waals surface area contributed by atoms with Crippen LogP contribution in [-0.2, 0) is 11.2 Å². The number of ketones is 1. The number of hydrogen-bond acceptors (Lipinski definition) is 5. The number of H-pyrrole nitrogens is 1. The van der Waals surface area contributed by atoms with Crippen LogP contribution in [0.1, 0.15) is 5.56 Å². The Hall–Kier alpha value is -2.28. The molecule has 3 aromatic rings. The first-order valence-electron chi connectivity index (χ1n) is 6.26. The first-order valence-corrected chi connectivity index (χ1v) is 7.24. The number of imidazole rings is 1. The molecule has 2 heterocycles. The zero-order chi connectivity index (χ0) is 14.7. The zero-order valence-electron chi connectivity index (χ0n) is 10.9. The molecule has 5 nitrogen and oxygen atoms in total. The summed E-state index contributed by atoms with van der Waals surface area (Å²) in [5.41, 5.74) is 1.69. The summed E-state index contributed by atoms with van der Waals surface area (Å²) >= 11 is 1.29. The minimum Gasteiger partial charge on any atom is -0.341 e. The van der Waals surface area contributed by atoms with Gasteiger partial charge in [-0.05, 0) is 11.6 Å². The number of rotatable bonds is 5. The molecule has 0 amide bonds. The van der Waals surface area contributed by atoms with Gasteiger partial charge in [-0.2, -0.15) is 0 Å². The third-order valence-corrected chi connectivity index (χ3v) is 3.95. The Morgan fingerprint density at radius 1 is 1.24 bits per heavy atom. The van der Waals surface area contributed by atoms with E-state index >= 15 is 0 Å². The van der Waals surface area contributed by atoms with E-state index in [0.717, 1.165) is 0 Å². The van der Waals surface area contributed by atoms with Crippen LogP contribution >= 0.6 is 11.8 Å². The molecule has 0 unspecified atom stereocenters. The first kappa shape index (κ1) is 13.7. The highest BCUT2D eigenvalue weighted by Gasteiger charge is 2.11. The van der Waals surface area contributed by atoms with Gasteiger partial charge in [-0.25, -0.2) is 19.3 Å². The molecule has 3 rings (SSSR count). The predicted octanol–water partition coefficient (Wildman–Crippen LogP) is 2.40. The van der Waals surface area contributed by atoms with Crippen LogP contribution < -0.4 is 0 Å².